The standard InChI is InChI=1S/C22H36O5/c1-7-21-12-8-9-16-11-14-19(5)25-20(6,22(16,21)27-26-19)24-17(23)18(21,4)13-10-15(2)3/h15-16H,7-14H2,1-6H3/t16?,18-,19-,20?,21?,22?/m1/s1. The summed E-state index contributed by atoms with van der Waals surface area (Å²) in [5.74, 6) is -1.29. The van der Waals surface area contributed by atoms with Crippen LogP contribution in [-0.4, -0.2) is 23.1 Å². The van der Waals surface area contributed by atoms with Gasteiger partial charge in [0.25, 0.3) is 0 Å². The molecule has 4 aliphatic heterocycles. The van der Waals surface area contributed by atoms with Gasteiger partial charge in [-0.15, -0.1) is 0 Å². The van der Waals surface area contributed by atoms with Crippen molar-refractivity contribution in [2.75, 3.05) is 0 Å². The lowest BCUT2D eigenvalue weighted by molar-refractivity contribution is -0.597. The zero-order chi connectivity index (χ0) is 19.7. The van der Waals surface area contributed by atoms with Gasteiger partial charge in [-0.1, -0.05) is 27.2 Å². The molecule has 0 aromatic heterocycles. The van der Waals surface area contributed by atoms with Gasteiger partial charge in [0, 0.05) is 18.8 Å². The SMILES string of the molecule is CCC12CCCC3CC[C@@]4(C)OOC31C(C)(OC(=O)[C@@]2(C)CCC(C)C)O4. The van der Waals surface area contributed by atoms with Gasteiger partial charge in [0.05, 0.1) is 5.41 Å². The van der Waals surface area contributed by atoms with E-state index in [0.717, 1.165) is 51.4 Å². The molecule has 1 aliphatic carbocycles. The largest absolute Gasteiger partial charge is 0.429 e. The van der Waals surface area contributed by atoms with Crippen LogP contribution >= 0.6 is 0 Å². The van der Waals surface area contributed by atoms with E-state index in [2.05, 4.69) is 27.7 Å². The molecule has 2 bridgehead atoms. The maximum Gasteiger partial charge on any atom is 0.315 e. The number of fused-ring (bicyclic) bond motifs is 2. The van der Waals surface area contributed by atoms with Crippen LogP contribution in [0.25, 0.3) is 0 Å². The fourth-order valence-corrected chi connectivity index (χ4v) is 7.01. The number of carbonyl (C=O) groups excluding carboxylic acids is 1. The van der Waals surface area contributed by atoms with Gasteiger partial charge < -0.3 is 9.47 Å². The van der Waals surface area contributed by atoms with Crippen molar-refractivity contribution < 1.29 is 24.0 Å². The Labute approximate surface area is 163 Å². The molecule has 4 heterocycles. The molecular weight excluding hydrogens is 344 g/mol. The maximum absolute atomic E-state index is 13.5. The van der Waals surface area contributed by atoms with Crippen molar-refractivity contribution in [2.45, 2.75) is 110 Å². The second kappa shape index (κ2) is 5.93. The molecule has 5 heteroatoms. The number of hydrogen-bond donors (Lipinski definition) is 0. The highest BCUT2D eigenvalue weighted by molar-refractivity contribution is 5.80. The van der Waals surface area contributed by atoms with Gasteiger partial charge in [0.1, 0.15) is 0 Å². The van der Waals surface area contributed by atoms with Crippen molar-refractivity contribution in [2.24, 2.45) is 22.7 Å². The summed E-state index contributed by atoms with van der Waals surface area (Å²) in [6, 6.07) is 0. The zero-order valence-corrected chi connectivity index (χ0v) is 17.9. The third-order valence-electron chi connectivity index (χ3n) is 8.44. The van der Waals surface area contributed by atoms with E-state index in [-0.39, 0.29) is 17.3 Å². The fraction of sp³-hybridized carbons (Fsp3) is 0.955. The number of carbonyl (C=O) groups is 1. The number of esters is 1. The normalized spacial score (nSPS) is 51.7. The molecular formula is C22H36O5. The lowest BCUT2D eigenvalue weighted by Gasteiger charge is -2.70. The maximum atomic E-state index is 13.5. The van der Waals surface area contributed by atoms with Crippen LogP contribution in [0.15, 0.2) is 0 Å². The molecule has 6 atom stereocenters. The first-order chi connectivity index (χ1) is 12.6. The summed E-state index contributed by atoms with van der Waals surface area (Å²) in [6.07, 6.45) is 7.52. The highest BCUT2D eigenvalue weighted by Gasteiger charge is 2.82. The molecule has 5 rings (SSSR count). The van der Waals surface area contributed by atoms with Gasteiger partial charge >= 0.3 is 5.97 Å². The molecule has 0 amide bonds. The van der Waals surface area contributed by atoms with Crippen LogP contribution in [0.5, 0.6) is 0 Å². The quantitative estimate of drug-likeness (QED) is 0.500. The lowest BCUT2D eigenvalue weighted by atomic mass is 9.43. The molecule has 0 aromatic rings. The summed E-state index contributed by atoms with van der Waals surface area (Å²) in [7, 11) is 0. The van der Waals surface area contributed by atoms with Crippen LogP contribution in [0.4, 0.5) is 0 Å². The minimum Gasteiger partial charge on any atom is -0.429 e. The van der Waals surface area contributed by atoms with Gasteiger partial charge in [-0.05, 0) is 64.2 Å². The number of hydrogen-bond acceptors (Lipinski definition) is 5. The van der Waals surface area contributed by atoms with Crippen molar-refractivity contribution in [3.8, 4) is 0 Å². The molecule has 5 nitrogen and oxygen atoms in total. The Balaban J connectivity index is 1.91. The van der Waals surface area contributed by atoms with Crippen LogP contribution < -0.4 is 0 Å². The molecule has 1 spiro atoms. The smallest absolute Gasteiger partial charge is 0.315 e. The Kier molecular flexibility index (Phi) is 4.32. The topological polar surface area (TPSA) is 54.0 Å². The Morgan fingerprint density at radius 1 is 1.11 bits per heavy atom. The monoisotopic (exact) mass is 380 g/mol. The second-order valence-electron chi connectivity index (χ2n) is 10.3. The van der Waals surface area contributed by atoms with E-state index >= 15 is 0 Å². The van der Waals surface area contributed by atoms with E-state index in [4.69, 9.17) is 19.2 Å². The molecule has 154 valence electrons. The third-order valence-corrected chi connectivity index (χ3v) is 8.44. The summed E-state index contributed by atoms with van der Waals surface area (Å²) in [6.45, 7) is 12.6. The fourth-order valence-electron chi connectivity index (χ4n) is 7.01. The molecule has 0 N–H and O–H groups in total. The molecule has 4 unspecified atom stereocenters. The van der Waals surface area contributed by atoms with Crippen LogP contribution in [0.2, 0.25) is 0 Å². The molecule has 0 aromatic carbocycles. The Morgan fingerprint density at radius 2 is 1.85 bits per heavy atom. The lowest BCUT2D eigenvalue weighted by Crippen LogP contribution is -2.81. The minimum atomic E-state index is -1.11. The van der Waals surface area contributed by atoms with E-state index in [9.17, 15) is 4.79 Å². The average Bonchev–Trinajstić information content (AvgIpc) is 2.81. The van der Waals surface area contributed by atoms with E-state index in [1.165, 1.54) is 0 Å². The third kappa shape index (κ3) is 2.25. The number of rotatable bonds is 4. The van der Waals surface area contributed by atoms with Gasteiger partial charge in [-0.3, -0.25) is 4.79 Å². The first-order valence-electron chi connectivity index (χ1n) is 10.9. The van der Waals surface area contributed by atoms with Crippen LogP contribution in [0.3, 0.4) is 0 Å². The Morgan fingerprint density at radius 3 is 2.52 bits per heavy atom. The van der Waals surface area contributed by atoms with Crippen molar-refractivity contribution in [1.29, 1.82) is 0 Å². The first kappa shape index (κ1) is 19.7. The Hall–Kier alpha value is -0.650. The second-order valence-corrected chi connectivity index (χ2v) is 10.3. The van der Waals surface area contributed by atoms with E-state index < -0.39 is 22.6 Å². The van der Waals surface area contributed by atoms with Gasteiger partial charge in [-0.25, -0.2) is 9.78 Å². The van der Waals surface area contributed by atoms with Gasteiger partial charge in [0.2, 0.25) is 11.6 Å². The minimum absolute atomic E-state index is 0.126. The molecule has 27 heavy (non-hydrogen) atoms. The number of ether oxygens (including phenoxy) is 2. The zero-order valence-electron chi connectivity index (χ0n) is 17.9. The molecule has 5 fully saturated rings. The Bertz CT molecular complexity index is 634. The van der Waals surface area contributed by atoms with Crippen molar-refractivity contribution >= 4 is 5.97 Å². The highest BCUT2D eigenvalue weighted by atomic mass is 17.3. The molecule has 1 saturated carbocycles. The van der Waals surface area contributed by atoms with Crippen LogP contribution in [0, 0.1) is 22.7 Å². The van der Waals surface area contributed by atoms with E-state index in [0.29, 0.717) is 5.92 Å². The summed E-state index contributed by atoms with van der Waals surface area (Å²) < 4.78 is 12.6. The van der Waals surface area contributed by atoms with Crippen molar-refractivity contribution in [3.05, 3.63) is 0 Å². The predicted molar refractivity (Wildman–Crippen MR) is 100 cm³/mol. The summed E-state index contributed by atoms with van der Waals surface area (Å²) in [4.78, 5) is 25.9. The predicted octanol–water partition coefficient (Wildman–Crippen LogP) is 5.13. The van der Waals surface area contributed by atoms with Gasteiger partial charge in [-0.2, -0.15) is 0 Å². The van der Waals surface area contributed by atoms with Gasteiger partial charge in [0.15, 0.2) is 5.60 Å². The molecule has 0 radical (unpaired) electrons. The highest BCUT2D eigenvalue weighted by Crippen LogP contribution is 2.72. The summed E-state index contributed by atoms with van der Waals surface area (Å²) in [5.41, 5.74) is -1.70. The van der Waals surface area contributed by atoms with E-state index in [1.54, 1.807) is 0 Å². The van der Waals surface area contributed by atoms with Crippen molar-refractivity contribution in [1.82, 2.24) is 0 Å². The average molecular weight is 381 g/mol. The van der Waals surface area contributed by atoms with E-state index in [1.807, 2.05) is 13.8 Å². The first-order valence-corrected chi connectivity index (χ1v) is 10.9. The summed E-state index contributed by atoms with van der Waals surface area (Å²) >= 11 is 0. The molecule has 5 aliphatic rings. The van der Waals surface area contributed by atoms with Crippen LogP contribution in [-0.2, 0) is 24.0 Å². The van der Waals surface area contributed by atoms with Crippen molar-refractivity contribution in [3.63, 3.8) is 0 Å². The molecule has 4 saturated heterocycles. The van der Waals surface area contributed by atoms with Crippen LogP contribution in [0.1, 0.15) is 92.9 Å². The summed E-state index contributed by atoms with van der Waals surface area (Å²) in [5, 5.41) is 0.